The predicted octanol–water partition coefficient (Wildman–Crippen LogP) is 4.35. The molecule has 7 heteroatoms. The minimum Gasteiger partial charge on any atom is -0.452 e. The fraction of sp³-hybridized carbons (Fsp3) is 0.120. The average Bonchev–Trinajstić information content (AvgIpc) is 3.16. The zero-order valence-corrected chi connectivity index (χ0v) is 17.8. The summed E-state index contributed by atoms with van der Waals surface area (Å²) in [6.45, 7) is 3.44. The van der Waals surface area contributed by atoms with Gasteiger partial charge in [-0.15, -0.1) is 0 Å². The molecule has 7 nitrogen and oxygen atoms in total. The van der Waals surface area contributed by atoms with Gasteiger partial charge in [-0.25, -0.2) is 14.5 Å². The maximum atomic E-state index is 12.3. The molecule has 0 aliphatic rings. The maximum absolute atomic E-state index is 12.3. The summed E-state index contributed by atoms with van der Waals surface area (Å²) in [5, 5.41) is 7.09. The van der Waals surface area contributed by atoms with Gasteiger partial charge in [-0.3, -0.25) is 4.79 Å². The first kappa shape index (κ1) is 21.0. The number of benzene rings is 2. The molecule has 2 aromatic heterocycles. The highest BCUT2D eigenvalue weighted by molar-refractivity contribution is 5.95. The van der Waals surface area contributed by atoms with Crippen molar-refractivity contribution in [3.05, 3.63) is 95.9 Å². The second-order valence-electron chi connectivity index (χ2n) is 7.31. The zero-order chi connectivity index (χ0) is 22.5. The first-order valence-corrected chi connectivity index (χ1v) is 10.1. The molecule has 2 heterocycles. The molecule has 4 rings (SSSR count). The van der Waals surface area contributed by atoms with E-state index in [1.165, 1.54) is 6.20 Å². The van der Waals surface area contributed by atoms with Crippen LogP contribution in [0.3, 0.4) is 0 Å². The van der Waals surface area contributed by atoms with Crippen LogP contribution in [-0.2, 0) is 9.53 Å². The molecule has 0 unspecified atom stereocenters. The molecule has 0 radical (unpaired) electrons. The summed E-state index contributed by atoms with van der Waals surface area (Å²) in [5.74, 6) is -0.436. The van der Waals surface area contributed by atoms with E-state index in [0.717, 1.165) is 22.5 Å². The molecule has 0 saturated heterocycles. The summed E-state index contributed by atoms with van der Waals surface area (Å²) in [7, 11) is 0. The molecule has 0 atom stereocenters. The molecular weight excluding hydrogens is 404 g/mol. The van der Waals surface area contributed by atoms with Crippen LogP contribution in [0.5, 0.6) is 0 Å². The number of nitrogens with zero attached hydrogens (tertiary/aromatic N) is 3. The van der Waals surface area contributed by atoms with Crippen LogP contribution in [0.4, 0.5) is 5.69 Å². The number of amides is 1. The number of anilines is 1. The predicted molar refractivity (Wildman–Crippen MR) is 122 cm³/mol. The molecule has 0 aliphatic heterocycles. The van der Waals surface area contributed by atoms with Crippen LogP contribution in [0.25, 0.3) is 16.9 Å². The van der Waals surface area contributed by atoms with Crippen LogP contribution in [0.1, 0.15) is 21.7 Å². The molecule has 1 amide bonds. The minimum atomic E-state index is -0.619. The molecule has 0 aliphatic carbocycles. The molecule has 0 fully saturated rings. The summed E-state index contributed by atoms with van der Waals surface area (Å²) in [6.07, 6.45) is 1.41. The van der Waals surface area contributed by atoms with E-state index in [-0.39, 0.29) is 5.56 Å². The van der Waals surface area contributed by atoms with Gasteiger partial charge in [-0.05, 0) is 55.3 Å². The number of carbonyl (C=O) groups is 2. The lowest BCUT2D eigenvalue weighted by atomic mass is 10.1. The Kier molecular flexibility index (Phi) is 6.07. The van der Waals surface area contributed by atoms with E-state index in [1.807, 2.05) is 74.5 Å². The fourth-order valence-electron chi connectivity index (χ4n) is 3.28. The second-order valence-corrected chi connectivity index (χ2v) is 7.31. The maximum Gasteiger partial charge on any atom is 0.340 e. The van der Waals surface area contributed by atoms with Crippen LogP contribution in [0.2, 0.25) is 0 Å². The Morgan fingerprint density at radius 2 is 1.66 bits per heavy atom. The first-order chi connectivity index (χ1) is 15.5. The molecule has 0 spiro atoms. The number of nitrogens with one attached hydrogen (secondary N) is 1. The SMILES string of the molecule is Cc1cc(C)n(-c2ccc(C(=O)OCC(=O)Nc3ccc(-c4ccccc4)cc3)cn2)n1. The smallest absolute Gasteiger partial charge is 0.340 e. The molecule has 1 N–H and O–H groups in total. The van der Waals surface area contributed by atoms with Crippen molar-refractivity contribution in [2.45, 2.75) is 13.8 Å². The van der Waals surface area contributed by atoms with Crippen LogP contribution in [0, 0.1) is 13.8 Å². The molecule has 4 aromatic rings. The third-order valence-electron chi connectivity index (χ3n) is 4.82. The summed E-state index contributed by atoms with van der Waals surface area (Å²) >= 11 is 0. The Balaban J connectivity index is 1.31. The normalized spacial score (nSPS) is 10.6. The van der Waals surface area contributed by atoms with Crippen molar-refractivity contribution in [1.82, 2.24) is 14.8 Å². The van der Waals surface area contributed by atoms with Gasteiger partial charge in [-0.1, -0.05) is 42.5 Å². The minimum absolute atomic E-state index is 0.260. The molecule has 160 valence electrons. The number of aryl methyl sites for hydroxylation is 2. The number of rotatable bonds is 6. The summed E-state index contributed by atoms with van der Waals surface area (Å²) < 4.78 is 6.81. The third-order valence-corrected chi connectivity index (χ3v) is 4.82. The van der Waals surface area contributed by atoms with Gasteiger partial charge in [0.05, 0.1) is 11.3 Å². The van der Waals surface area contributed by atoms with Gasteiger partial charge in [0.15, 0.2) is 12.4 Å². The third kappa shape index (κ3) is 4.89. The van der Waals surface area contributed by atoms with Gasteiger partial charge >= 0.3 is 5.97 Å². The first-order valence-electron chi connectivity index (χ1n) is 10.1. The number of pyridine rings is 1. The van der Waals surface area contributed by atoms with E-state index in [0.29, 0.717) is 11.5 Å². The Hall–Kier alpha value is -4.26. The number of hydrogen-bond acceptors (Lipinski definition) is 5. The topological polar surface area (TPSA) is 86.1 Å². The van der Waals surface area contributed by atoms with Crippen molar-refractivity contribution in [2.24, 2.45) is 0 Å². The van der Waals surface area contributed by atoms with Gasteiger partial charge < -0.3 is 10.1 Å². The van der Waals surface area contributed by atoms with Gasteiger partial charge in [0, 0.05) is 17.6 Å². The van der Waals surface area contributed by atoms with E-state index in [1.54, 1.807) is 16.8 Å². The quantitative estimate of drug-likeness (QED) is 0.464. The highest BCUT2D eigenvalue weighted by atomic mass is 16.5. The number of esters is 1. The monoisotopic (exact) mass is 426 g/mol. The standard InChI is InChI=1S/C25H22N4O3/c1-17-14-18(2)29(28-17)23-13-10-21(15-26-23)25(31)32-16-24(30)27-22-11-8-20(9-12-22)19-6-4-3-5-7-19/h3-15H,16H2,1-2H3,(H,27,30). The molecule has 0 saturated carbocycles. The Bertz CT molecular complexity index is 1230. The second kappa shape index (κ2) is 9.26. The van der Waals surface area contributed by atoms with E-state index in [9.17, 15) is 9.59 Å². The van der Waals surface area contributed by atoms with Crippen molar-refractivity contribution in [2.75, 3.05) is 11.9 Å². The van der Waals surface area contributed by atoms with Crippen molar-refractivity contribution in [3.63, 3.8) is 0 Å². The van der Waals surface area contributed by atoms with Crippen LogP contribution in [0.15, 0.2) is 79.0 Å². The molecule has 32 heavy (non-hydrogen) atoms. The summed E-state index contributed by atoms with van der Waals surface area (Å²) in [6, 6.07) is 22.6. The van der Waals surface area contributed by atoms with Crippen molar-refractivity contribution >= 4 is 17.6 Å². The summed E-state index contributed by atoms with van der Waals surface area (Å²) in [5.41, 5.74) is 4.85. The van der Waals surface area contributed by atoms with Gasteiger partial charge in [0.25, 0.3) is 5.91 Å². The largest absolute Gasteiger partial charge is 0.452 e. The number of carbonyl (C=O) groups excluding carboxylic acids is 2. The zero-order valence-electron chi connectivity index (χ0n) is 17.8. The lowest BCUT2D eigenvalue weighted by molar-refractivity contribution is -0.119. The van der Waals surface area contributed by atoms with E-state index < -0.39 is 18.5 Å². The van der Waals surface area contributed by atoms with E-state index in [4.69, 9.17) is 4.74 Å². The van der Waals surface area contributed by atoms with Crippen molar-refractivity contribution in [1.29, 1.82) is 0 Å². The summed E-state index contributed by atoms with van der Waals surface area (Å²) in [4.78, 5) is 28.7. The highest BCUT2D eigenvalue weighted by Gasteiger charge is 2.12. The van der Waals surface area contributed by atoms with Crippen molar-refractivity contribution in [3.8, 4) is 16.9 Å². The lowest BCUT2D eigenvalue weighted by Gasteiger charge is -2.08. The highest BCUT2D eigenvalue weighted by Crippen LogP contribution is 2.21. The van der Waals surface area contributed by atoms with Gasteiger partial charge in [0.2, 0.25) is 0 Å². The number of hydrogen-bond donors (Lipinski definition) is 1. The van der Waals surface area contributed by atoms with E-state index >= 15 is 0 Å². The Morgan fingerprint density at radius 1 is 0.938 bits per heavy atom. The van der Waals surface area contributed by atoms with Crippen LogP contribution < -0.4 is 5.32 Å². The van der Waals surface area contributed by atoms with Crippen LogP contribution in [-0.4, -0.2) is 33.2 Å². The van der Waals surface area contributed by atoms with E-state index in [2.05, 4.69) is 15.4 Å². The number of ether oxygens (including phenoxy) is 1. The molecule has 0 bridgehead atoms. The lowest BCUT2D eigenvalue weighted by Crippen LogP contribution is -2.21. The Labute approximate surface area is 185 Å². The molecule has 2 aromatic carbocycles. The van der Waals surface area contributed by atoms with Gasteiger partial charge in [0.1, 0.15) is 0 Å². The van der Waals surface area contributed by atoms with Gasteiger partial charge in [-0.2, -0.15) is 5.10 Å². The average molecular weight is 426 g/mol. The fourth-order valence-corrected chi connectivity index (χ4v) is 3.28. The molecular formula is C25H22N4O3. The van der Waals surface area contributed by atoms with Crippen molar-refractivity contribution < 1.29 is 14.3 Å². The van der Waals surface area contributed by atoms with Crippen LogP contribution >= 0.6 is 0 Å². The number of aromatic nitrogens is 3. The Morgan fingerprint density at radius 3 is 2.28 bits per heavy atom.